The molecule has 128 valence electrons. The molecule has 0 aromatic carbocycles. The second-order valence-corrected chi connectivity index (χ2v) is 9.96. The van der Waals surface area contributed by atoms with Crippen LogP contribution in [0.3, 0.4) is 0 Å². The Morgan fingerprint density at radius 2 is 1.88 bits per heavy atom. The summed E-state index contributed by atoms with van der Waals surface area (Å²) in [5.41, 5.74) is -0.221. The van der Waals surface area contributed by atoms with E-state index in [1.165, 1.54) is 22.6 Å². The molecule has 4 rings (SSSR count). The van der Waals surface area contributed by atoms with Crippen LogP contribution in [-0.4, -0.2) is 29.6 Å². The van der Waals surface area contributed by atoms with E-state index in [-0.39, 0.29) is 5.41 Å². The third-order valence-electron chi connectivity index (χ3n) is 5.35. The molecule has 24 heavy (non-hydrogen) atoms. The van der Waals surface area contributed by atoms with E-state index in [1.807, 2.05) is 23.1 Å². The molecule has 3 heterocycles. The van der Waals surface area contributed by atoms with Gasteiger partial charge >= 0.3 is 0 Å². The van der Waals surface area contributed by atoms with E-state index in [0.717, 1.165) is 38.1 Å². The Morgan fingerprint density at radius 1 is 1.08 bits per heavy atom. The summed E-state index contributed by atoms with van der Waals surface area (Å²) in [5, 5.41) is 4.84. The Hall–Kier alpha value is -0.780. The van der Waals surface area contributed by atoms with Crippen LogP contribution in [-0.2, 0) is 10.2 Å². The Balaban J connectivity index is 1.51. The zero-order chi connectivity index (χ0) is 16.4. The monoisotopic (exact) mass is 377 g/mol. The normalized spacial score (nSPS) is 24.0. The molecule has 2 aromatic heterocycles. The highest BCUT2D eigenvalue weighted by Crippen LogP contribution is 2.45. The van der Waals surface area contributed by atoms with Gasteiger partial charge in [-0.2, -0.15) is 11.8 Å². The highest BCUT2D eigenvalue weighted by Gasteiger charge is 2.45. The van der Waals surface area contributed by atoms with E-state index in [2.05, 4.69) is 39.9 Å². The van der Waals surface area contributed by atoms with Gasteiger partial charge in [-0.05, 0) is 42.2 Å². The second-order valence-electron chi connectivity index (χ2n) is 6.72. The van der Waals surface area contributed by atoms with E-state index in [9.17, 15) is 4.79 Å². The molecule has 1 atom stereocenters. The van der Waals surface area contributed by atoms with Gasteiger partial charge in [-0.1, -0.05) is 25.0 Å². The summed E-state index contributed by atoms with van der Waals surface area (Å²) in [5.74, 6) is 1.45. The van der Waals surface area contributed by atoms with E-state index in [4.69, 9.17) is 0 Å². The molecule has 2 aliphatic rings. The molecule has 0 N–H and O–H groups in total. The lowest BCUT2D eigenvalue weighted by atomic mass is 9.82. The molecule has 0 spiro atoms. The lowest BCUT2D eigenvalue weighted by Gasteiger charge is -2.33. The van der Waals surface area contributed by atoms with Gasteiger partial charge in [-0.3, -0.25) is 4.79 Å². The fourth-order valence-corrected chi connectivity index (χ4v) is 7.29. The minimum absolute atomic E-state index is 0.221. The second kappa shape index (κ2) is 7.22. The fourth-order valence-electron chi connectivity index (χ4n) is 4.07. The first-order valence-electron chi connectivity index (χ1n) is 8.78. The van der Waals surface area contributed by atoms with Gasteiger partial charge < -0.3 is 4.90 Å². The van der Waals surface area contributed by atoms with Crippen molar-refractivity contribution >= 4 is 40.3 Å². The van der Waals surface area contributed by atoms with E-state index < -0.39 is 0 Å². The van der Waals surface area contributed by atoms with Gasteiger partial charge in [-0.15, -0.1) is 22.7 Å². The minimum Gasteiger partial charge on any atom is -0.341 e. The molecule has 1 saturated carbocycles. The summed E-state index contributed by atoms with van der Waals surface area (Å²) in [4.78, 5) is 18.4. The smallest absolute Gasteiger partial charge is 0.234 e. The number of nitrogens with zero attached hydrogens (tertiary/aromatic N) is 1. The summed E-state index contributed by atoms with van der Waals surface area (Å²) in [6, 6.07) is 8.65. The summed E-state index contributed by atoms with van der Waals surface area (Å²) in [6.45, 7) is 1.81. The molecule has 5 heteroatoms. The first kappa shape index (κ1) is 16.7. The zero-order valence-electron chi connectivity index (χ0n) is 13.8. The molecule has 2 nitrogen and oxygen atoms in total. The average molecular weight is 378 g/mol. The predicted octanol–water partition coefficient (Wildman–Crippen LogP) is 5.33. The number of hydrogen-bond donors (Lipinski definition) is 0. The van der Waals surface area contributed by atoms with Gasteiger partial charge in [-0.25, -0.2) is 0 Å². The quantitative estimate of drug-likeness (QED) is 0.721. The topological polar surface area (TPSA) is 20.3 Å². The number of carbonyl (C=O) groups excluding carboxylic acids is 1. The molecule has 2 aromatic rings. The standard InChI is InChI=1S/C19H23NOS3/c21-18(19(8-1-2-9-19)17-6-4-13-24-17)20-10-7-16(23-14-11-20)15-5-3-12-22-15/h3-6,12-13,16H,1-2,7-11,14H2/t16-/m1/s1. The van der Waals surface area contributed by atoms with Crippen molar-refractivity contribution in [1.82, 2.24) is 4.90 Å². The average Bonchev–Trinajstić information content (AvgIpc) is 3.34. The van der Waals surface area contributed by atoms with Gasteiger partial charge in [0.2, 0.25) is 5.91 Å². The summed E-state index contributed by atoms with van der Waals surface area (Å²) in [6.07, 6.45) is 5.51. The van der Waals surface area contributed by atoms with E-state index in [0.29, 0.717) is 11.2 Å². The number of thiophene rings is 2. The molecule has 0 radical (unpaired) electrons. The van der Waals surface area contributed by atoms with Crippen molar-refractivity contribution in [3.63, 3.8) is 0 Å². The Morgan fingerprint density at radius 3 is 2.58 bits per heavy atom. The van der Waals surface area contributed by atoms with Gasteiger partial charge in [0.25, 0.3) is 0 Å². The van der Waals surface area contributed by atoms with Crippen molar-refractivity contribution < 1.29 is 4.79 Å². The largest absolute Gasteiger partial charge is 0.341 e. The molecular formula is C19H23NOS3. The van der Waals surface area contributed by atoms with Crippen molar-refractivity contribution in [1.29, 1.82) is 0 Å². The number of hydrogen-bond acceptors (Lipinski definition) is 4. The molecule has 1 aliphatic carbocycles. The highest BCUT2D eigenvalue weighted by molar-refractivity contribution is 7.99. The zero-order valence-corrected chi connectivity index (χ0v) is 16.2. The Kier molecular flexibility index (Phi) is 5.02. The highest BCUT2D eigenvalue weighted by atomic mass is 32.2. The fraction of sp³-hybridized carbons (Fsp3) is 0.526. The Labute approximate surface area is 156 Å². The molecule has 1 amide bonds. The first-order valence-corrected chi connectivity index (χ1v) is 11.6. The van der Waals surface area contributed by atoms with Crippen LogP contribution in [0.4, 0.5) is 0 Å². The lowest BCUT2D eigenvalue weighted by molar-refractivity contribution is -0.137. The number of rotatable bonds is 3. The number of carbonyl (C=O) groups is 1. The van der Waals surface area contributed by atoms with Crippen molar-refractivity contribution in [2.45, 2.75) is 42.8 Å². The molecule has 0 unspecified atom stereocenters. The SMILES string of the molecule is O=C(N1CCS[C@@H](c2cccs2)CC1)C1(c2cccs2)CCCC1. The van der Waals surface area contributed by atoms with E-state index >= 15 is 0 Å². The Bertz CT molecular complexity index is 659. The number of amides is 1. The lowest BCUT2D eigenvalue weighted by Crippen LogP contribution is -2.46. The maximum Gasteiger partial charge on any atom is 0.234 e. The van der Waals surface area contributed by atoms with Crippen LogP contribution in [0.25, 0.3) is 0 Å². The summed E-state index contributed by atoms with van der Waals surface area (Å²) in [7, 11) is 0. The summed E-state index contributed by atoms with van der Waals surface area (Å²) >= 11 is 5.63. The van der Waals surface area contributed by atoms with Crippen LogP contribution in [0.1, 0.15) is 47.1 Å². The number of thioether (sulfide) groups is 1. The molecule has 1 aliphatic heterocycles. The van der Waals surface area contributed by atoms with Crippen LogP contribution in [0.5, 0.6) is 0 Å². The molecule has 1 saturated heterocycles. The first-order chi connectivity index (χ1) is 11.8. The van der Waals surface area contributed by atoms with Crippen LogP contribution >= 0.6 is 34.4 Å². The molecular weight excluding hydrogens is 354 g/mol. The minimum atomic E-state index is -0.221. The van der Waals surface area contributed by atoms with Crippen LogP contribution in [0.15, 0.2) is 35.0 Å². The van der Waals surface area contributed by atoms with Gasteiger partial charge in [0.1, 0.15) is 0 Å². The van der Waals surface area contributed by atoms with Gasteiger partial charge in [0.05, 0.1) is 5.41 Å². The van der Waals surface area contributed by atoms with Gasteiger partial charge in [0, 0.05) is 33.8 Å². The molecule has 2 fully saturated rings. The van der Waals surface area contributed by atoms with Crippen molar-refractivity contribution in [2.75, 3.05) is 18.8 Å². The predicted molar refractivity (Wildman–Crippen MR) is 105 cm³/mol. The third-order valence-corrected chi connectivity index (χ3v) is 8.87. The maximum absolute atomic E-state index is 13.5. The van der Waals surface area contributed by atoms with Gasteiger partial charge in [0.15, 0.2) is 0 Å². The van der Waals surface area contributed by atoms with Crippen LogP contribution < -0.4 is 0 Å². The van der Waals surface area contributed by atoms with Crippen LogP contribution in [0.2, 0.25) is 0 Å². The van der Waals surface area contributed by atoms with E-state index in [1.54, 1.807) is 11.3 Å². The van der Waals surface area contributed by atoms with Crippen molar-refractivity contribution in [2.24, 2.45) is 0 Å². The van der Waals surface area contributed by atoms with Crippen molar-refractivity contribution in [3.8, 4) is 0 Å². The van der Waals surface area contributed by atoms with Crippen molar-refractivity contribution in [3.05, 3.63) is 44.8 Å². The van der Waals surface area contributed by atoms with Crippen LogP contribution in [0, 0.1) is 0 Å². The third kappa shape index (κ3) is 3.06. The maximum atomic E-state index is 13.5. The summed E-state index contributed by atoms with van der Waals surface area (Å²) < 4.78 is 0. The molecule has 0 bridgehead atoms.